The first-order chi connectivity index (χ1) is 9.67. The topological polar surface area (TPSA) is 112 Å². The van der Waals surface area contributed by atoms with Crippen LogP contribution >= 0.6 is 0 Å². The van der Waals surface area contributed by atoms with Gasteiger partial charge in [0.25, 0.3) is 0 Å². The fourth-order valence-corrected chi connectivity index (χ4v) is 1.39. The Bertz CT molecular complexity index is 439. The van der Waals surface area contributed by atoms with E-state index in [4.69, 9.17) is 25.2 Å². The first-order valence-corrected chi connectivity index (χ1v) is 6.20. The Morgan fingerprint density at radius 1 is 1.30 bits per heavy atom. The number of nitrogens with zero attached hydrogens (tertiary/aromatic N) is 3. The van der Waals surface area contributed by atoms with Crippen LogP contribution in [-0.4, -0.2) is 54.5 Å². The Balaban J connectivity index is 2.38. The number of nitrogens with two attached hydrogens (primary N) is 1. The third-order valence-electron chi connectivity index (χ3n) is 2.30. The van der Waals surface area contributed by atoms with Crippen LogP contribution in [0.4, 0.5) is 0 Å². The van der Waals surface area contributed by atoms with Crippen molar-refractivity contribution >= 4 is 5.84 Å². The van der Waals surface area contributed by atoms with E-state index in [0.29, 0.717) is 37.8 Å². The average Bonchev–Trinajstić information content (AvgIpc) is 2.45. The lowest BCUT2D eigenvalue weighted by molar-refractivity contribution is 0.0782. The molecule has 8 nitrogen and oxygen atoms in total. The predicted octanol–water partition coefficient (Wildman–Crippen LogP) is 0.311. The highest BCUT2D eigenvalue weighted by Gasteiger charge is 2.07. The zero-order valence-corrected chi connectivity index (χ0v) is 11.7. The van der Waals surface area contributed by atoms with Crippen molar-refractivity contribution < 1.29 is 19.4 Å². The number of ether oxygens (including phenoxy) is 3. The molecule has 0 saturated heterocycles. The van der Waals surface area contributed by atoms with Crippen molar-refractivity contribution in [2.75, 3.05) is 33.5 Å². The lowest BCUT2D eigenvalue weighted by Crippen LogP contribution is -2.17. The zero-order chi connectivity index (χ0) is 14.8. The van der Waals surface area contributed by atoms with Crippen LogP contribution in [0.15, 0.2) is 11.2 Å². The van der Waals surface area contributed by atoms with E-state index < -0.39 is 0 Å². The van der Waals surface area contributed by atoms with Crippen LogP contribution in [0.3, 0.4) is 0 Å². The largest absolute Gasteiger partial charge is 0.461 e. The predicted molar refractivity (Wildman–Crippen MR) is 72.1 cm³/mol. The molecule has 20 heavy (non-hydrogen) atoms. The maximum absolute atomic E-state index is 8.62. The second kappa shape index (κ2) is 9.05. The maximum atomic E-state index is 8.62. The summed E-state index contributed by atoms with van der Waals surface area (Å²) in [6, 6.07) is 1.77. The molecule has 1 rings (SSSR count). The fraction of sp³-hybridized carbons (Fsp3) is 0.583. The number of hydrogen-bond donors (Lipinski definition) is 2. The first kappa shape index (κ1) is 16.1. The van der Waals surface area contributed by atoms with Crippen LogP contribution in [0.1, 0.15) is 17.8 Å². The van der Waals surface area contributed by atoms with Gasteiger partial charge in [-0.2, -0.15) is 4.98 Å². The summed E-state index contributed by atoms with van der Waals surface area (Å²) in [7, 11) is 1.65. The number of rotatable bonds is 9. The van der Waals surface area contributed by atoms with Crippen LogP contribution in [0.2, 0.25) is 0 Å². The van der Waals surface area contributed by atoms with Crippen molar-refractivity contribution in [2.24, 2.45) is 10.9 Å². The zero-order valence-electron chi connectivity index (χ0n) is 11.7. The Labute approximate surface area is 117 Å². The summed E-state index contributed by atoms with van der Waals surface area (Å²) in [5.74, 6) is -0.0869. The second-order valence-corrected chi connectivity index (χ2v) is 3.97. The van der Waals surface area contributed by atoms with Gasteiger partial charge in [-0.15, -0.1) is 0 Å². The van der Waals surface area contributed by atoms with Crippen molar-refractivity contribution in [1.82, 2.24) is 9.97 Å². The molecule has 0 unspecified atom stereocenters. The van der Waals surface area contributed by atoms with E-state index in [1.165, 1.54) is 0 Å². The van der Waals surface area contributed by atoms with E-state index in [1.807, 2.05) is 0 Å². The molecule has 0 radical (unpaired) electrons. The molecular weight excluding hydrogens is 264 g/mol. The summed E-state index contributed by atoms with van der Waals surface area (Å²) >= 11 is 0. The highest BCUT2D eigenvalue weighted by atomic mass is 16.5. The van der Waals surface area contributed by atoms with Crippen LogP contribution in [0.5, 0.6) is 6.01 Å². The van der Waals surface area contributed by atoms with Gasteiger partial charge in [0.2, 0.25) is 0 Å². The number of oxime groups is 1. The minimum absolute atomic E-state index is 0.0869. The van der Waals surface area contributed by atoms with Crippen molar-refractivity contribution in [1.29, 1.82) is 0 Å². The summed E-state index contributed by atoms with van der Waals surface area (Å²) in [5, 5.41) is 11.5. The molecule has 1 heterocycles. The summed E-state index contributed by atoms with van der Waals surface area (Å²) in [6.45, 7) is 3.81. The van der Waals surface area contributed by atoms with E-state index in [-0.39, 0.29) is 11.8 Å². The maximum Gasteiger partial charge on any atom is 0.317 e. The molecule has 0 fully saturated rings. The Hall–Kier alpha value is -1.93. The standard InChI is InChI=1S/C12H20N4O4/c1-9-8-10(11(13)16-17)15-12(14-9)20-7-6-19-5-3-4-18-2/h8,17H,3-7H2,1-2H3,(H2,13,16). The molecule has 1 aromatic rings. The molecule has 1 aromatic heterocycles. The van der Waals surface area contributed by atoms with E-state index in [9.17, 15) is 0 Å². The molecular formula is C12H20N4O4. The average molecular weight is 284 g/mol. The van der Waals surface area contributed by atoms with Gasteiger partial charge in [-0.25, -0.2) is 4.98 Å². The molecule has 0 aliphatic rings. The van der Waals surface area contributed by atoms with Crippen LogP contribution < -0.4 is 10.5 Å². The van der Waals surface area contributed by atoms with Crippen molar-refractivity contribution in [3.05, 3.63) is 17.5 Å². The summed E-state index contributed by atoms with van der Waals surface area (Å²) in [6.07, 6.45) is 0.838. The molecule has 0 aromatic carbocycles. The monoisotopic (exact) mass is 284 g/mol. The number of methoxy groups -OCH3 is 1. The van der Waals surface area contributed by atoms with Gasteiger partial charge in [0.05, 0.1) is 6.61 Å². The Kier molecular flexibility index (Phi) is 7.30. The van der Waals surface area contributed by atoms with Gasteiger partial charge in [0.1, 0.15) is 12.3 Å². The Morgan fingerprint density at radius 2 is 2.10 bits per heavy atom. The molecule has 0 atom stereocenters. The molecule has 112 valence electrons. The van der Waals surface area contributed by atoms with E-state index in [2.05, 4.69) is 15.1 Å². The number of aromatic nitrogens is 2. The normalized spacial score (nSPS) is 11.6. The number of amidine groups is 1. The fourth-order valence-electron chi connectivity index (χ4n) is 1.39. The van der Waals surface area contributed by atoms with Gasteiger partial charge < -0.3 is 25.2 Å². The highest BCUT2D eigenvalue weighted by molar-refractivity contribution is 5.95. The van der Waals surface area contributed by atoms with Gasteiger partial charge in [-0.3, -0.25) is 0 Å². The van der Waals surface area contributed by atoms with Crippen molar-refractivity contribution in [2.45, 2.75) is 13.3 Å². The molecule has 0 aliphatic heterocycles. The van der Waals surface area contributed by atoms with Gasteiger partial charge in [0, 0.05) is 26.0 Å². The summed E-state index contributed by atoms with van der Waals surface area (Å²) in [5.41, 5.74) is 6.45. The molecule has 0 bridgehead atoms. The third-order valence-corrected chi connectivity index (χ3v) is 2.30. The van der Waals surface area contributed by atoms with Gasteiger partial charge in [0.15, 0.2) is 5.84 Å². The minimum atomic E-state index is -0.0869. The number of hydrogen-bond acceptors (Lipinski definition) is 7. The lowest BCUT2D eigenvalue weighted by atomic mass is 10.3. The summed E-state index contributed by atoms with van der Waals surface area (Å²) in [4.78, 5) is 8.12. The van der Waals surface area contributed by atoms with Gasteiger partial charge in [-0.1, -0.05) is 5.16 Å². The minimum Gasteiger partial charge on any atom is -0.461 e. The van der Waals surface area contributed by atoms with Gasteiger partial charge in [-0.05, 0) is 19.4 Å². The van der Waals surface area contributed by atoms with Gasteiger partial charge >= 0.3 is 6.01 Å². The third kappa shape index (κ3) is 5.81. The highest BCUT2D eigenvalue weighted by Crippen LogP contribution is 2.06. The Morgan fingerprint density at radius 3 is 2.80 bits per heavy atom. The van der Waals surface area contributed by atoms with Crippen molar-refractivity contribution in [3.63, 3.8) is 0 Å². The summed E-state index contributed by atoms with van der Waals surface area (Å²) < 4.78 is 15.6. The lowest BCUT2D eigenvalue weighted by Gasteiger charge is -2.07. The van der Waals surface area contributed by atoms with E-state index in [0.717, 1.165) is 6.42 Å². The second-order valence-electron chi connectivity index (χ2n) is 3.97. The van der Waals surface area contributed by atoms with E-state index in [1.54, 1.807) is 20.1 Å². The first-order valence-electron chi connectivity index (χ1n) is 6.20. The molecule has 0 spiro atoms. The van der Waals surface area contributed by atoms with Crippen LogP contribution in [-0.2, 0) is 9.47 Å². The smallest absolute Gasteiger partial charge is 0.317 e. The van der Waals surface area contributed by atoms with Crippen LogP contribution in [0, 0.1) is 6.92 Å². The SMILES string of the molecule is COCCCOCCOc1nc(C)cc(/C(N)=N/O)n1. The molecule has 8 heteroatoms. The van der Waals surface area contributed by atoms with E-state index >= 15 is 0 Å². The quantitative estimate of drug-likeness (QED) is 0.221. The van der Waals surface area contributed by atoms with Crippen molar-refractivity contribution in [3.8, 4) is 6.01 Å². The molecule has 0 aliphatic carbocycles. The molecule has 0 amide bonds. The number of aryl methyl sites for hydroxylation is 1. The van der Waals surface area contributed by atoms with Crippen LogP contribution in [0.25, 0.3) is 0 Å². The molecule has 0 saturated carbocycles. The molecule has 3 N–H and O–H groups in total.